The molecule has 0 saturated carbocycles. The van der Waals surface area contributed by atoms with Gasteiger partial charge in [-0.25, -0.2) is 24.3 Å². The molecule has 4 aromatic rings. The van der Waals surface area contributed by atoms with E-state index in [4.69, 9.17) is 0 Å². The summed E-state index contributed by atoms with van der Waals surface area (Å²) in [6.07, 6.45) is 3.79. The minimum atomic E-state index is -0.443. The molecule has 0 aliphatic carbocycles. The van der Waals surface area contributed by atoms with Gasteiger partial charge in [0.25, 0.3) is 0 Å². The van der Waals surface area contributed by atoms with Gasteiger partial charge in [-0.3, -0.25) is 12.1 Å². The fraction of sp³-hybridized carbons (Fsp3) is 0.231. The first-order valence-corrected chi connectivity index (χ1v) is 10.1. The molecule has 0 amide bonds. The second-order valence-corrected chi connectivity index (χ2v) is 6.56. The predicted molar refractivity (Wildman–Crippen MR) is 120 cm³/mol. The predicted octanol–water partition coefficient (Wildman–Crippen LogP) is 6.97. The molecule has 0 aliphatic rings. The van der Waals surface area contributed by atoms with Gasteiger partial charge in [0, 0.05) is 34.1 Å². The fourth-order valence-electron chi connectivity index (χ4n) is 2.89. The van der Waals surface area contributed by atoms with Crippen molar-refractivity contribution < 1.29 is 39.2 Å². The molecule has 4 heteroatoms. The smallest absolute Gasteiger partial charge is 0.101 e. The number of anilines is 2. The number of hydrogen-bond donors (Lipinski definition) is 1. The van der Waals surface area contributed by atoms with Crippen molar-refractivity contribution in [2.45, 2.75) is 38.8 Å². The van der Waals surface area contributed by atoms with E-state index in [-0.39, 0.29) is 34.1 Å². The Balaban J connectivity index is 0.000000575. The molecule has 0 radical (unpaired) electrons. The molecule has 0 aliphatic heterocycles. The van der Waals surface area contributed by atoms with Gasteiger partial charge in [-0.15, -0.1) is 23.5 Å². The number of aliphatic hydroxyl groups is 1. The maximum Gasteiger partial charge on any atom is 0.101 e. The molecule has 4 rings (SSSR count). The molecule has 0 fully saturated rings. The summed E-state index contributed by atoms with van der Waals surface area (Å²) in [6, 6.07) is 36.2. The molecule has 2 nitrogen and oxygen atoms in total. The Kier molecular flexibility index (Phi) is 16.9. The van der Waals surface area contributed by atoms with Crippen LogP contribution in [0.3, 0.4) is 0 Å². The van der Waals surface area contributed by atoms with Crippen LogP contribution in [0.25, 0.3) is 0 Å². The van der Waals surface area contributed by atoms with Crippen molar-refractivity contribution in [3.05, 3.63) is 109 Å². The SMILES string of the molecule is CCCCCC(O)N([c-]1cccc1)[c-]1cccc1.[Fe].[Fe].[cH-]1[cH-][cH-][cH-][cH-]1.c1cc[cH-]c1. The van der Waals surface area contributed by atoms with Crippen molar-refractivity contribution >= 4 is 11.4 Å². The second-order valence-electron chi connectivity index (χ2n) is 6.56. The van der Waals surface area contributed by atoms with E-state index in [0.29, 0.717) is 0 Å². The van der Waals surface area contributed by atoms with Gasteiger partial charge in [0.05, 0.1) is 0 Å². The van der Waals surface area contributed by atoms with Crippen molar-refractivity contribution in [1.29, 1.82) is 0 Å². The normalized spacial score (nSPS) is 10.2. The van der Waals surface area contributed by atoms with Gasteiger partial charge in [0.15, 0.2) is 0 Å². The summed E-state index contributed by atoms with van der Waals surface area (Å²) in [5.74, 6) is 0. The molecule has 1 N–H and O–H groups in total. The van der Waals surface area contributed by atoms with E-state index in [0.717, 1.165) is 24.2 Å². The first-order valence-electron chi connectivity index (χ1n) is 10.1. The molecule has 0 aromatic heterocycles. The topological polar surface area (TPSA) is 23.5 Å². The molecule has 0 bridgehead atoms. The molecule has 30 heavy (non-hydrogen) atoms. The van der Waals surface area contributed by atoms with E-state index in [1.807, 2.05) is 114 Å². The standard InChI is InChI=1S/C16H21NO.2C5H5.2Fe/c1-2-3-4-13-16(18)17(14-9-5-6-10-14)15-11-7-8-12-15;2*1-2-4-5-3-1;;/h5-12,16,18H,2-4,13H2,1H3;2*1-5H;;/q-2;-5;-1;;. The van der Waals surface area contributed by atoms with Crippen molar-refractivity contribution in [1.82, 2.24) is 0 Å². The minimum Gasteiger partial charge on any atom is -0.748 e. The van der Waals surface area contributed by atoms with Crippen LogP contribution in [0.5, 0.6) is 0 Å². The molecule has 4 aromatic carbocycles. The van der Waals surface area contributed by atoms with Crippen LogP contribution < -0.4 is 4.90 Å². The van der Waals surface area contributed by atoms with Crippen molar-refractivity contribution in [2.24, 2.45) is 0 Å². The summed E-state index contributed by atoms with van der Waals surface area (Å²) in [5, 5.41) is 10.4. The van der Waals surface area contributed by atoms with E-state index < -0.39 is 6.23 Å². The average Bonchev–Trinajstić information content (AvgIpc) is 3.54. The summed E-state index contributed by atoms with van der Waals surface area (Å²) in [4.78, 5) is 2.01. The maximum atomic E-state index is 10.4. The first kappa shape index (κ1) is 28.2. The summed E-state index contributed by atoms with van der Waals surface area (Å²) < 4.78 is 0. The van der Waals surface area contributed by atoms with E-state index >= 15 is 0 Å². The Labute approximate surface area is 203 Å². The number of aliphatic hydroxyl groups excluding tert-OH is 1. The van der Waals surface area contributed by atoms with Gasteiger partial charge in [-0.05, 0) is 12.8 Å². The Morgan fingerprint density at radius 3 is 1.50 bits per heavy atom. The number of nitrogens with zero attached hydrogens (tertiary/aromatic N) is 1. The third-order valence-corrected chi connectivity index (χ3v) is 4.32. The van der Waals surface area contributed by atoms with Crippen molar-refractivity contribution in [3.63, 3.8) is 0 Å². The molecular formula is C26H31Fe2NO-8. The zero-order chi connectivity index (χ0) is 19.9. The van der Waals surface area contributed by atoms with Crippen LogP contribution in [0.1, 0.15) is 32.6 Å². The van der Waals surface area contributed by atoms with E-state index in [2.05, 4.69) is 6.92 Å². The van der Waals surface area contributed by atoms with E-state index in [1.54, 1.807) is 0 Å². The Hall–Kier alpha value is -1.80. The Morgan fingerprint density at radius 1 is 0.733 bits per heavy atom. The largest absolute Gasteiger partial charge is 0.748 e. The minimum absolute atomic E-state index is 0. The van der Waals surface area contributed by atoms with Gasteiger partial charge in [-0.1, -0.05) is 31.9 Å². The first-order chi connectivity index (χ1) is 13.8. The third kappa shape index (κ3) is 10.8. The Bertz CT molecular complexity index is 664. The van der Waals surface area contributed by atoms with E-state index in [1.165, 1.54) is 12.8 Å². The van der Waals surface area contributed by atoms with Gasteiger partial charge in [-0.2, -0.15) is 18.2 Å². The van der Waals surface area contributed by atoms with Gasteiger partial charge >= 0.3 is 0 Å². The van der Waals surface area contributed by atoms with Gasteiger partial charge < -0.3 is 40.3 Å². The third-order valence-electron chi connectivity index (χ3n) is 4.32. The number of hydrogen-bond acceptors (Lipinski definition) is 2. The average molecular weight is 485 g/mol. The molecular weight excluding hydrogens is 454 g/mol. The molecule has 1 atom stereocenters. The Morgan fingerprint density at radius 2 is 1.17 bits per heavy atom. The van der Waals surface area contributed by atoms with Crippen LogP contribution in [0.15, 0.2) is 109 Å². The zero-order valence-electron chi connectivity index (χ0n) is 17.4. The van der Waals surface area contributed by atoms with Crippen molar-refractivity contribution in [2.75, 3.05) is 4.90 Å². The van der Waals surface area contributed by atoms with Gasteiger partial charge in [0.2, 0.25) is 0 Å². The maximum absolute atomic E-state index is 10.4. The zero-order valence-corrected chi connectivity index (χ0v) is 19.6. The summed E-state index contributed by atoms with van der Waals surface area (Å²) in [7, 11) is 0. The van der Waals surface area contributed by atoms with Crippen LogP contribution in [-0.2, 0) is 34.1 Å². The van der Waals surface area contributed by atoms with Crippen LogP contribution in [0.2, 0.25) is 0 Å². The molecule has 0 heterocycles. The quantitative estimate of drug-likeness (QED) is 0.132. The monoisotopic (exact) mass is 485 g/mol. The van der Waals surface area contributed by atoms with Crippen LogP contribution >= 0.6 is 0 Å². The molecule has 1 unspecified atom stereocenters. The molecule has 0 saturated heterocycles. The van der Waals surface area contributed by atoms with Crippen LogP contribution in [0.4, 0.5) is 11.4 Å². The number of rotatable bonds is 7. The molecule has 0 spiro atoms. The summed E-state index contributed by atoms with van der Waals surface area (Å²) >= 11 is 0. The second kappa shape index (κ2) is 18.0. The van der Waals surface area contributed by atoms with E-state index in [9.17, 15) is 5.11 Å². The summed E-state index contributed by atoms with van der Waals surface area (Å²) in [6.45, 7) is 2.18. The fourth-order valence-corrected chi connectivity index (χ4v) is 2.89. The molecule has 170 valence electrons. The van der Waals surface area contributed by atoms with Gasteiger partial charge in [0.1, 0.15) is 6.23 Å². The van der Waals surface area contributed by atoms with Crippen LogP contribution in [-0.4, -0.2) is 11.3 Å². The number of unbranched alkanes of at least 4 members (excludes halogenated alkanes) is 2. The van der Waals surface area contributed by atoms with Crippen LogP contribution in [0, 0.1) is 0 Å². The van der Waals surface area contributed by atoms with Crippen molar-refractivity contribution in [3.8, 4) is 0 Å². The summed E-state index contributed by atoms with van der Waals surface area (Å²) in [5.41, 5.74) is 2.12.